The van der Waals surface area contributed by atoms with E-state index in [1.807, 2.05) is 31.2 Å². The third-order valence-electron chi connectivity index (χ3n) is 2.25. The van der Waals surface area contributed by atoms with Gasteiger partial charge >= 0.3 is 0 Å². The van der Waals surface area contributed by atoms with Crippen LogP contribution in [-0.2, 0) is 11.2 Å². The van der Waals surface area contributed by atoms with E-state index >= 15 is 0 Å². The first kappa shape index (κ1) is 11.9. The molecule has 1 amide bonds. The van der Waals surface area contributed by atoms with Crippen LogP contribution in [-0.4, -0.2) is 16.1 Å². The van der Waals surface area contributed by atoms with E-state index in [9.17, 15) is 4.79 Å². The first-order chi connectivity index (χ1) is 8.13. The van der Waals surface area contributed by atoms with Crippen molar-refractivity contribution in [3.8, 4) is 0 Å². The molecule has 0 saturated heterocycles. The lowest BCUT2D eigenvalue weighted by Crippen LogP contribution is -2.14. The standard InChI is InChI=1S/C12H12BrN3O/c1-8-6-11(16-15-8)14-12(17)7-9-2-4-10(13)5-3-9/h2-6H,7H2,1H3,(H2,14,15,16,17). The van der Waals surface area contributed by atoms with Crippen LogP contribution in [0.4, 0.5) is 5.82 Å². The molecule has 4 nitrogen and oxygen atoms in total. The molecule has 0 aliphatic carbocycles. The molecule has 0 unspecified atom stereocenters. The number of H-pyrrole nitrogens is 1. The van der Waals surface area contributed by atoms with E-state index in [4.69, 9.17) is 0 Å². The van der Waals surface area contributed by atoms with Crippen molar-refractivity contribution in [1.82, 2.24) is 10.2 Å². The van der Waals surface area contributed by atoms with Crippen LogP contribution in [0.2, 0.25) is 0 Å². The van der Waals surface area contributed by atoms with Crippen molar-refractivity contribution in [2.24, 2.45) is 0 Å². The predicted molar refractivity (Wildman–Crippen MR) is 69.8 cm³/mol. The Balaban J connectivity index is 1.95. The Labute approximate surface area is 108 Å². The lowest BCUT2D eigenvalue weighted by atomic mass is 10.1. The Bertz CT molecular complexity index is 519. The van der Waals surface area contributed by atoms with Gasteiger partial charge in [0.05, 0.1) is 6.42 Å². The van der Waals surface area contributed by atoms with Gasteiger partial charge in [-0.1, -0.05) is 28.1 Å². The number of amides is 1. The molecule has 1 heterocycles. The SMILES string of the molecule is Cc1cc(NC(=O)Cc2ccc(Br)cc2)n[nH]1. The number of rotatable bonds is 3. The highest BCUT2D eigenvalue weighted by atomic mass is 79.9. The van der Waals surface area contributed by atoms with Gasteiger partial charge in [-0.05, 0) is 24.6 Å². The number of aryl methyl sites for hydroxylation is 1. The number of hydrogen-bond donors (Lipinski definition) is 2. The number of aromatic amines is 1. The van der Waals surface area contributed by atoms with Crippen LogP contribution in [0, 0.1) is 6.92 Å². The summed E-state index contributed by atoms with van der Waals surface area (Å²) in [5, 5.41) is 9.45. The normalized spacial score (nSPS) is 10.2. The summed E-state index contributed by atoms with van der Waals surface area (Å²) in [5.41, 5.74) is 1.89. The van der Waals surface area contributed by atoms with Gasteiger partial charge in [0.1, 0.15) is 0 Å². The smallest absolute Gasteiger partial charge is 0.229 e. The van der Waals surface area contributed by atoms with E-state index in [2.05, 4.69) is 31.4 Å². The molecule has 1 aromatic carbocycles. The summed E-state index contributed by atoms with van der Waals surface area (Å²) in [6.45, 7) is 1.89. The molecule has 0 radical (unpaired) electrons. The Morgan fingerprint density at radius 3 is 2.71 bits per heavy atom. The number of nitrogens with one attached hydrogen (secondary N) is 2. The Morgan fingerprint density at radius 1 is 1.41 bits per heavy atom. The molecule has 0 spiro atoms. The average Bonchev–Trinajstić information content (AvgIpc) is 2.67. The summed E-state index contributed by atoms with van der Waals surface area (Å²) in [6, 6.07) is 9.46. The number of aromatic nitrogens is 2. The lowest BCUT2D eigenvalue weighted by molar-refractivity contribution is -0.115. The van der Waals surface area contributed by atoms with Crippen LogP contribution < -0.4 is 5.32 Å². The second kappa shape index (κ2) is 5.14. The zero-order valence-corrected chi connectivity index (χ0v) is 10.9. The second-order valence-corrected chi connectivity index (χ2v) is 4.70. The number of hydrogen-bond acceptors (Lipinski definition) is 2. The van der Waals surface area contributed by atoms with E-state index < -0.39 is 0 Å². The topological polar surface area (TPSA) is 57.8 Å². The molecule has 2 N–H and O–H groups in total. The Morgan fingerprint density at radius 2 is 2.12 bits per heavy atom. The average molecular weight is 294 g/mol. The van der Waals surface area contributed by atoms with E-state index in [0.717, 1.165) is 15.7 Å². The molecule has 1 aromatic heterocycles. The van der Waals surface area contributed by atoms with E-state index in [1.54, 1.807) is 6.07 Å². The molecule has 0 bridgehead atoms. The molecule has 0 aliphatic rings. The zero-order valence-electron chi connectivity index (χ0n) is 9.33. The summed E-state index contributed by atoms with van der Waals surface area (Å²) in [4.78, 5) is 11.7. The molecule has 0 atom stereocenters. The number of benzene rings is 1. The minimum Gasteiger partial charge on any atom is -0.309 e. The van der Waals surface area contributed by atoms with Gasteiger partial charge in [0, 0.05) is 16.2 Å². The summed E-state index contributed by atoms with van der Waals surface area (Å²) in [5.74, 6) is 0.489. The van der Waals surface area contributed by atoms with Gasteiger partial charge in [-0.25, -0.2) is 0 Å². The summed E-state index contributed by atoms with van der Waals surface area (Å²) < 4.78 is 1.00. The molecule has 2 rings (SSSR count). The van der Waals surface area contributed by atoms with Crippen molar-refractivity contribution in [2.75, 3.05) is 5.32 Å². The minimum atomic E-state index is -0.0705. The zero-order chi connectivity index (χ0) is 12.3. The molecule has 5 heteroatoms. The third-order valence-corrected chi connectivity index (χ3v) is 2.78. The fourth-order valence-electron chi connectivity index (χ4n) is 1.46. The number of anilines is 1. The summed E-state index contributed by atoms with van der Waals surface area (Å²) >= 11 is 3.35. The maximum atomic E-state index is 11.7. The van der Waals surface area contributed by atoms with E-state index in [1.165, 1.54) is 0 Å². The van der Waals surface area contributed by atoms with Crippen LogP contribution in [0.1, 0.15) is 11.3 Å². The molecule has 0 saturated carbocycles. The fraction of sp³-hybridized carbons (Fsp3) is 0.167. The summed E-state index contributed by atoms with van der Waals surface area (Å²) in [6.07, 6.45) is 0.346. The van der Waals surface area contributed by atoms with Crippen LogP contribution in [0.5, 0.6) is 0 Å². The van der Waals surface area contributed by atoms with E-state index in [0.29, 0.717) is 12.2 Å². The van der Waals surface area contributed by atoms with Crippen molar-refractivity contribution < 1.29 is 4.79 Å². The van der Waals surface area contributed by atoms with Crippen molar-refractivity contribution in [3.05, 3.63) is 46.1 Å². The third kappa shape index (κ3) is 3.42. The van der Waals surface area contributed by atoms with Gasteiger partial charge in [0.2, 0.25) is 5.91 Å². The number of carbonyl (C=O) groups is 1. The molecule has 0 fully saturated rings. The van der Waals surface area contributed by atoms with Crippen molar-refractivity contribution in [3.63, 3.8) is 0 Å². The van der Waals surface area contributed by atoms with Gasteiger partial charge in [-0.15, -0.1) is 0 Å². The maximum absolute atomic E-state index is 11.7. The molecular weight excluding hydrogens is 282 g/mol. The van der Waals surface area contributed by atoms with Crippen LogP contribution in [0.25, 0.3) is 0 Å². The van der Waals surface area contributed by atoms with Crippen molar-refractivity contribution in [2.45, 2.75) is 13.3 Å². The minimum absolute atomic E-state index is 0.0705. The van der Waals surface area contributed by atoms with E-state index in [-0.39, 0.29) is 5.91 Å². The molecule has 17 heavy (non-hydrogen) atoms. The molecule has 2 aromatic rings. The lowest BCUT2D eigenvalue weighted by Gasteiger charge is -2.02. The Kier molecular flexibility index (Phi) is 3.58. The molecule has 88 valence electrons. The molecular formula is C12H12BrN3O. The summed E-state index contributed by atoms with van der Waals surface area (Å²) in [7, 11) is 0. The van der Waals surface area contributed by atoms with Gasteiger partial charge in [-0.3, -0.25) is 9.89 Å². The number of nitrogens with zero attached hydrogens (tertiary/aromatic N) is 1. The second-order valence-electron chi connectivity index (χ2n) is 3.79. The highest BCUT2D eigenvalue weighted by Crippen LogP contribution is 2.11. The first-order valence-electron chi connectivity index (χ1n) is 5.20. The maximum Gasteiger partial charge on any atom is 0.229 e. The number of carbonyl (C=O) groups excluding carboxylic acids is 1. The number of halogens is 1. The van der Waals surface area contributed by atoms with Gasteiger partial charge in [0.15, 0.2) is 5.82 Å². The van der Waals surface area contributed by atoms with Crippen LogP contribution in [0.15, 0.2) is 34.8 Å². The van der Waals surface area contributed by atoms with Gasteiger partial charge in [-0.2, -0.15) is 5.10 Å². The van der Waals surface area contributed by atoms with Gasteiger partial charge < -0.3 is 5.32 Å². The fourth-order valence-corrected chi connectivity index (χ4v) is 1.72. The van der Waals surface area contributed by atoms with Crippen molar-refractivity contribution >= 4 is 27.7 Å². The highest BCUT2D eigenvalue weighted by molar-refractivity contribution is 9.10. The van der Waals surface area contributed by atoms with Crippen molar-refractivity contribution in [1.29, 1.82) is 0 Å². The predicted octanol–water partition coefficient (Wildman–Crippen LogP) is 2.66. The quantitative estimate of drug-likeness (QED) is 0.914. The van der Waals surface area contributed by atoms with Crippen LogP contribution >= 0.6 is 15.9 Å². The van der Waals surface area contributed by atoms with Crippen LogP contribution in [0.3, 0.4) is 0 Å². The van der Waals surface area contributed by atoms with Gasteiger partial charge in [0.25, 0.3) is 0 Å². The largest absolute Gasteiger partial charge is 0.309 e. The Hall–Kier alpha value is -1.62. The highest BCUT2D eigenvalue weighted by Gasteiger charge is 2.05. The monoisotopic (exact) mass is 293 g/mol. The molecule has 0 aliphatic heterocycles. The first-order valence-corrected chi connectivity index (χ1v) is 5.99.